The van der Waals surface area contributed by atoms with Crippen LogP contribution in [0.3, 0.4) is 0 Å². The van der Waals surface area contributed by atoms with Crippen molar-refractivity contribution in [2.75, 3.05) is 20.1 Å². The third-order valence-corrected chi connectivity index (χ3v) is 3.40. The molecule has 1 saturated heterocycles. The number of nitrogens with zero attached hydrogens (tertiary/aromatic N) is 1. The standard InChI is InChI=1S/C12H17ClN2O2/c1-15(9-3-2-7-14-8-6-9)12(16)10-4-5-11(13)17-10/h4-5,9,14H,2-3,6-8H2,1H3. The Kier molecular flexibility index (Phi) is 4.07. The molecule has 1 N–H and O–H groups in total. The Balaban J connectivity index is 2.03. The molecular weight excluding hydrogens is 240 g/mol. The topological polar surface area (TPSA) is 45.5 Å². The van der Waals surface area contributed by atoms with Crippen molar-refractivity contribution in [3.05, 3.63) is 23.1 Å². The number of halogens is 1. The molecular formula is C12H17ClN2O2. The van der Waals surface area contributed by atoms with E-state index in [9.17, 15) is 4.79 Å². The zero-order valence-electron chi connectivity index (χ0n) is 9.91. The normalized spacial score (nSPS) is 20.9. The van der Waals surface area contributed by atoms with Crippen LogP contribution in [0.5, 0.6) is 0 Å². The number of hydrogen-bond donors (Lipinski definition) is 1. The fourth-order valence-corrected chi connectivity index (χ4v) is 2.30. The molecule has 1 fully saturated rings. The summed E-state index contributed by atoms with van der Waals surface area (Å²) in [5.41, 5.74) is 0. The molecule has 1 aromatic rings. The number of rotatable bonds is 2. The first-order valence-electron chi connectivity index (χ1n) is 5.91. The van der Waals surface area contributed by atoms with E-state index in [4.69, 9.17) is 16.0 Å². The zero-order valence-corrected chi connectivity index (χ0v) is 10.7. The molecule has 2 rings (SSSR count). The van der Waals surface area contributed by atoms with Gasteiger partial charge in [0.25, 0.3) is 5.91 Å². The molecule has 1 atom stereocenters. The van der Waals surface area contributed by atoms with Gasteiger partial charge >= 0.3 is 0 Å². The van der Waals surface area contributed by atoms with Gasteiger partial charge in [0.15, 0.2) is 11.0 Å². The van der Waals surface area contributed by atoms with Crippen molar-refractivity contribution in [1.82, 2.24) is 10.2 Å². The van der Waals surface area contributed by atoms with E-state index in [1.807, 2.05) is 7.05 Å². The maximum atomic E-state index is 12.1. The second-order valence-corrected chi connectivity index (χ2v) is 4.73. The van der Waals surface area contributed by atoms with E-state index in [1.54, 1.807) is 17.0 Å². The first-order valence-corrected chi connectivity index (χ1v) is 6.29. The highest BCUT2D eigenvalue weighted by atomic mass is 35.5. The summed E-state index contributed by atoms with van der Waals surface area (Å²) < 4.78 is 5.15. The molecule has 94 valence electrons. The van der Waals surface area contributed by atoms with Crippen LogP contribution in [0.2, 0.25) is 5.22 Å². The fraction of sp³-hybridized carbons (Fsp3) is 0.583. The van der Waals surface area contributed by atoms with Crippen LogP contribution in [-0.2, 0) is 0 Å². The minimum Gasteiger partial charge on any atom is -0.440 e. The molecule has 0 radical (unpaired) electrons. The Morgan fingerprint density at radius 1 is 1.47 bits per heavy atom. The van der Waals surface area contributed by atoms with Crippen molar-refractivity contribution >= 4 is 17.5 Å². The molecule has 17 heavy (non-hydrogen) atoms. The number of amides is 1. The van der Waals surface area contributed by atoms with Crippen LogP contribution in [0.1, 0.15) is 29.8 Å². The predicted molar refractivity (Wildman–Crippen MR) is 66.3 cm³/mol. The Morgan fingerprint density at radius 3 is 3.00 bits per heavy atom. The molecule has 0 spiro atoms. The molecule has 5 heteroatoms. The average molecular weight is 257 g/mol. The Labute approximate surface area is 106 Å². The second kappa shape index (κ2) is 5.56. The van der Waals surface area contributed by atoms with Crippen molar-refractivity contribution in [3.8, 4) is 0 Å². The summed E-state index contributed by atoms with van der Waals surface area (Å²) in [5, 5.41) is 3.59. The number of hydrogen-bond acceptors (Lipinski definition) is 3. The van der Waals surface area contributed by atoms with Gasteiger partial charge in [0.05, 0.1) is 0 Å². The van der Waals surface area contributed by atoms with E-state index < -0.39 is 0 Å². The van der Waals surface area contributed by atoms with Crippen molar-refractivity contribution in [1.29, 1.82) is 0 Å². The SMILES string of the molecule is CN(C(=O)c1ccc(Cl)o1)C1CCCNCC1. The number of carbonyl (C=O) groups excluding carboxylic acids is 1. The third-order valence-electron chi connectivity index (χ3n) is 3.20. The van der Waals surface area contributed by atoms with Gasteiger partial charge in [0, 0.05) is 13.1 Å². The highest BCUT2D eigenvalue weighted by molar-refractivity contribution is 6.29. The van der Waals surface area contributed by atoms with Gasteiger partial charge in [-0.1, -0.05) is 0 Å². The Morgan fingerprint density at radius 2 is 2.29 bits per heavy atom. The summed E-state index contributed by atoms with van der Waals surface area (Å²) in [6.45, 7) is 1.99. The lowest BCUT2D eigenvalue weighted by Gasteiger charge is -2.26. The summed E-state index contributed by atoms with van der Waals surface area (Å²) in [7, 11) is 1.83. The van der Waals surface area contributed by atoms with Gasteiger partial charge < -0.3 is 14.6 Å². The average Bonchev–Trinajstić information content (AvgIpc) is 2.60. The van der Waals surface area contributed by atoms with E-state index in [0.29, 0.717) is 5.76 Å². The largest absolute Gasteiger partial charge is 0.440 e. The summed E-state index contributed by atoms with van der Waals surface area (Å²) in [4.78, 5) is 13.9. The van der Waals surface area contributed by atoms with Crippen LogP contribution in [0, 0.1) is 0 Å². The van der Waals surface area contributed by atoms with Crippen molar-refractivity contribution in [3.63, 3.8) is 0 Å². The molecule has 1 aromatic heterocycles. The maximum absolute atomic E-state index is 12.1. The molecule has 0 aromatic carbocycles. The minimum absolute atomic E-state index is 0.0937. The molecule has 4 nitrogen and oxygen atoms in total. The zero-order chi connectivity index (χ0) is 12.3. The third kappa shape index (κ3) is 3.01. The van der Waals surface area contributed by atoms with E-state index in [1.165, 1.54) is 0 Å². The summed E-state index contributed by atoms with van der Waals surface area (Å²) in [6, 6.07) is 3.49. The lowest BCUT2D eigenvalue weighted by Crippen LogP contribution is -2.37. The highest BCUT2D eigenvalue weighted by Gasteiger charge is 2.23. The molecule has 1 unspecified atom stereocenters. The van der Waals surface area contributed by atoms with Gasteiger partial charge in [-0.2, -0.15) is 0 Å². The molecule has 0 bridgehead atoms. The fourth-order valence-electron chi connectivity index (χ4n) is 2.16. The van der Waals surface area contributed by atoms with Crippen LogP contribution in [0.15, 0.2) is 16.5 Å². The van der Waals surface area contributed by atoms with Crippen LogP contribution in [0.4, 0.5) is 0 Å². The molecule has 1 aliphatic rings. The number of carbonyl (C=O) groups is 1. The van der Waals surface area contributed by atoms with Crippen LogP contribution in [-0.4, -0.2) is 37.0 Å². The van der Waals surface area contributed by atoms with Crippen LogP contribution < -0.4 is 5.32 Å². The van der Waals surface area contributed by atoms with Gasteiger partial charge in [-0.25, -0.2) is 0 Å². The van der Waals surface area contributed by atoms with E-state index in [2.05, 4.69) is 5.32 Å². The van der Waals surface area contributed by atoms with E-state index >= 15 is 0 Å². The van der Waals surface area contributed by atoms with Gasteiger partial charge in [-0.05, 0) is 56.1 Å². The minimum atomic E-state index is -0.0937. The molecule has 1 amide bonds. The molecule has 1 aliphatic heterocycles. The van der Waals surface area contributed by atoms with E-state index in [0.717, 1.165) is 32.4 Å². The smallest absolute Gasteiger partial charge is 0.289 e. The van der Waals surface area contributed by atoms with Gasteiger partial charge in [0.2, 0.25) is 0 Å². The van der Waals surface area contributed by atoms with Crippen molar-refractivity contribution in [2.24, 2.45) is 0 Å². The summed E-state index contributed by atoms with van der Waals surface area (Å²) in [6.07, 6.45) is 3.11. The van der Waals surface area contributed by atoms with Crippen molar-refractivity contribution < 1.29 is 9.21 Å². The molecule has 0 saturated carbocycles. The van der Waals surface area contributed by atoms with Crippen molar-refractivity contribution in [2.45, 2.75) is 25.3 Å². The quantitative estimate of drug-likeness (QED) is 0.882. The lowest BCUT2D eigenvalue weighted by molar-refractivity contribution is 0.0688. The number of furan rings is 1. The Bertz CT molecular complexity index is 384. The van der Waals surface area contributed by atoms with Gasteiger partial charge in [0.1, 0.15) is 0 Å². The highest BCUT2D eigenvalue weighted by Crippen LogP contribution is 2.18. The molecule has 0 aliphatic carbocycles. The first kappa shape index (κ1) is 12.5. The molecule has 2 heterocycles. The van der Waals surface area contributed by atoms with Gasteiger partial charge in [-0.3, -0.25) is 4.79 Å². The second-order valence-electron chi connectivity index (χ2n) is 4.35. The first-order chi connectivity index (χ1) is 8.18. The Hall–Kier alpha value is -1.00. The van der Waals surface area contributed by atoms with Crippen LogP contribution >= 0.6 is 11.6 Å². The van der Waals surface area contributed by atoms with Gasteiger partial charge in [-0.15, -0.1) is 0 Å². The summed E-state index contributed by atoms with van der Waals surface area (Å²) >= 11 is 5.67. The maximum Gasteiger partial charge on any atom is 0.289 e. The monoisotopic (exact) mass is 256 g/mol. The number of nitrogens with one attached hydrogen (secondary N) is 1. The lowest BCUT2D eigenvalue weighted by atomic mass is 10.1. The van der Waals surface area contributed by atoms with E-state index in [-0.39, 0.29) is 17.2 Å². The predicted octanol–water partition coefficient (Wildman–Crippen LogP) is 2.15. The van der Waals surface area contributed by atoms with Crippen LogP contribution in [0.25, 0.3) is 0 Å². The summed E-state index contributed by atoms with van der Waals surface area (Å²) in [5.74, 6) is 0.221.